The maximum absolute atomic E-state index is 6.09. The quantitative estimate of drug-likeness (QED) is 0.829. The summed E-state index contributed by atoms with van der Waals surface area (Å²) >= 11 is 0. The first-order valence-corrected chi connectivity index (χ1v) is 7.99. The van der Waals surface area contributed by atoms with E-state index in [1.165, 1.54) is 10.9 Å². The highest BCUT2D eigenvalue weighted by Crippen LogP contribution is 2.27. The standard InChI is InChI=1S/C18H28N2O/c1-6-20(14(4)5)12-16-15-9-7-8-10-17(15)21-18(16)11-19-13(2)3/h7-10,13-14,19H,6,11-12H2,1-5H3. The summed E-state index contributed by atoms with van der Waals surface area (Å²) in [6.07, 6.45) is 0. The van der Waals surface area contributed by atoms with Gasteiger partial charge >= 0.3 is 0 Å². The van der Waals surface area contributed by atoms with Gasteiger partial charge in [-0.3, -0.25) is 4.90 Å². The molecule has 0 spiro atoms. The molecule has 1 aromatic carbocycles. The van der Waals surface area contributed by atoms with Crippen LogP contribution in [0.3, 0.4) is 0 Å². The van der Waals surface area contributed by atoms with Crippen LogP contribution in [0.15, 0.2) is 28.7 Å². The topological polar surface area (TPSA) is 28.4 Å². The number of benzene rings is 1. The zero-order valence-corrected chi connectivity index (χ0v) is 13.9. The SMILES string of the molecule is CCN(Cc1c(CNC(C)C)oc2ccccc12)C(C)C. The predicted octanol–water partition coefficient (Wildman–Crippen LogP) is 4.16. The lowest BCUT2D eigenvalue weighted by molar-refractivity contribution is 0.223. The van der Waals surface area contributed by atoms with Gasteiger partial charge in [-0.05, 0) is 26.5 Å². The lowest BCUT2D eigenvalue weighted by Crippen LogP contribution is -2.30. The number of hydrogen-bond donors (Lipinski definition) is 1. The first kappa shape index (κ1) is 16.1. The first-order valence-electron chi connectivity index (χ1n) is 7.99. The van der Waals surface area contributed by atoms with E-state index in [-0.39, 0.29) is 0 Å². The van der Waals surface area contributed by atoms with Gasteiger partial charge in [0, 0.05) is 29.6 Å². The first-order chi connectivity index (χ1) is 10.0. The van der Waals surface area contributed by atoms with Crippen molar-refractivity contribution >= 4 is 11.0 Å². The maximum Gasteiger partial charge on any atom is 0.134 e. The van der Waals surface area contributed by atoms with Crippen LogP contribution in [0.5, 0.6) is 0 Å². The van der Waals surface area contributed by atoms with Crippen molar-refractivity contribution in [3.8, 4) is 0 Å². The predicted molar refractivity (Wildman–Crippen MR) is 89.4 cm³/mol. The van der Waals surface area contributed by atoms with Crippen LogP contribution in [0.25, 0.3) is 11.0 Å². The molecule has 1 N–H and O–H groups in total. The summed E-state index contributed by atoms with van der Waals surface area (Å²) in [5.41, 5.74) is 2.32. The third kappa shape index (κ3) is 3.86. The molecule has 0 aliphatic carbocycles. The largest absolute Gasteiger partial charge is 0.459 e. The molecule has 0 unspecified atom stereocenters. The fourth-order valence-corrected chi connectivity index (χ4v) is 2.63. The molecule has 0 bridgehead atoms. The molecule has 0 aliphatic rings. The average Bonchev–Trinajstić information content (AvgIpc) is 2.79. The van der Waals surface area contributed by atoms with Crippen LogP contribution in [0, 0.1) is 0 Å². The van der Waals surface area contributed by atoms with Gasteiger partial charge in [0.25, 0.3) is 0 Å². The fourth-order valence-electron chi connectivity index (χ4n) is 2.63. The third-order valence-electron chi connectivity index (χ3n) is 3.95. The lowest BCUT2D eigenvalue weighted by atomic mass is 10.1. The van der Waals surface area contributed by atoms with Gasteiger partial charge in [0.05, 0.1) is 6.54 Å². The minimum absolute atomic E-state index is 0.457. The van der Waals surface area contributed by atoms with Crippen LogP contribution in [0.2, 0.25) is 0 Å². The van der Waals surface area contributed by atoms with Crippen molar-refractivity contribution in [1.29, 1.82) is 0 Å². The van der Waals surface area contributed by atoms with Crippen molar-refractivity contribution in [3.63, 3.8) is 0 Å². The summed E-state index contributed by atoms with van der Waals surface area (Å²) in [7, 11) is 0. The highest BCUT2D eigenvalue weighted by atomic mass is 16.3. The Balaban J connectivity index is 2.35. The van der Waals surface area contributed by atoms with Crippen LogP contribution in [-0.2, 0) is 13.1 Å². The fraction of sp³-hybridized carbons (Fsp3) is 0.556. The highest BCUT2D eigenvalue weighted by Gasteiger charge is 2.17. The Bertz CT molecular complexity index is 572. The van der Waals surface area contributed by atoms with Crippen LogP contribution in [0.1, 0.15) is 45.9 Å². The Kier molecular flexibility index (Phi) is 5.43. The molecule has 0 amide bonds. The van der Waals surface area contributed by atoms with Crippen molar-refractivity contribution in [3.05, 3.63) is 35.6 Å². The van der Waals surface area contributed by atoms with Gasteiger partial charge in [-0.2, -0.15) is 0 Å². The van der Waals surface area contributed by atoms with Crippen molar-refractivity contribution in [2.75, 3.05) is 6.54 Å². The van der Waals surface area contributed by atoms with E-state index in [0.29, 0.717) is 12.1 Å². The second-order valence-electron chi connectivity index (χ2n) is 6.19. The van der Waals surface area contributed by atoms with Crippen LogP contribution in [-0.4, -0.2) is 23.5 Å². The molecule has 2 rings (SSSR count). The summed E-state index contributed by atoms with van der Waals surface area (Å²) < 4.78 is 6.09. The van der Waals surface area contributed by atoms with Gasteiger partial charge in [0.2, 0.25) is 0 Å². The summed E-state index contributed by atoms with van der Waals surface area (Å²) in [6, 6.07) is 9.35. The number of rotatable bonds is 7. The molecule has 1 heterocycles. The molecule has 0 saturated heterocycles. The number of fused-ring (bicyclic) bond motifs is 1. The molecule has 0 fully saturated rings. The van der Waals surface area contributed by atoms with E-state index in [2.05, 4.69) is 63.0 Å². The number of para-hydroxylation sites is 1. The lowest BCUT2D eigenvalue weighted by Gasteiger charge is -2.24. The summed E-state index contributed by atoms with van der Waals surface area (Å²) in [6.45, 7) is 13.8. The molecule has 0 radical (unpaired) electrons. The van der Waals surface area contributed by atoms with Crippen LogP contribution in [0.4, 0.5) is 0 Å². The van der Waals surface area contributed by atoms with E-state index in [1.54, 1.807) is 0 Å². The highest BCUT2D eigenvalue weighted by molar-refractivity contribution is 5.82. The van der Waals surface area contributed by atoms with Crippen molar-refractivity contribution in [2.24, 2.45) is 0 Å². The van der Waals surface area contributed by atoms with E-state index in [0.717, 1.165) is 31.0 Å². The molecule has 21 heavy (non-hydrogen) atoms. The molecule has 1 aromatic heterocycles. The van der Waals surface area contributed by atoms with E-state index < -0.39 is 0 Å². The average molecular weight is 288 g/mol. The van der Waals surface area contributed by atoms with E-state index in [9.17, 15) is 0 Å². The second-order valence-corrected chi connectivity index (χ2v) is 6.19. The van der Waals surface area contributed by atoms with E-state index in [1.807, 2.05) is 6.07 Å². The Labute approximate surface area is 128 Å². The Morgan fingerprint density at radius 2 is 1.86 bits per heavy atom. The minimum Gasteiger partial charge on any atom is -0.459 e. The van der Waals surface area contributed by atoms with Gasteiger partial charge in [-0.25, -0.2) is 0 Å². The molecular formula is C18H28N2O. The Morgan fingerprint density at radius 3 is 2.48 bits per heavy atom. The summed E-state index contributed by atoms with van der Waals surface area (Å²) in [4.78, 5) is 2.47. The van der Waals surface area contributed by atoms with E-state index >= 15 is 0 Å². The molecule has 3 heteroatoms. The molecule has 116 valence electrons. The molecule has 3 nitrogen and oxygen atoms in total. The van der Waals surface area contributed by atoms with Gasteiger partial charge in [-0.1, -0.05) is 39.0 Å². The third-order valence-corrected chi connectivity index (χ3v) is 3.95. The summed E-state index contributed by atoms with van der Waals surface area (Å²) in [5.74, 6) is 1.07. The minimum atomic E-state index is 0.457. The molecule has 0 saturated carbocycles. The zero-order chi connectivity index (χ0) is 15.4. The van der Waals surface area contributed by atoms with Crippen molar-refractivity contribution in [2.45, 2.75) is 59.8 Å². The van der Waals surface area contributed by atoms with Gasteiger partial charge in [-0.15, -0.1) is 0 Å². The number of nitrogens with one attached hydrogen (secondary N) is 1. The molecule has 0 aliphatic heterocycles. The van der Waals surface area contributed by atoms with Crippen LogP contribution >= 0.6 is 0 Å². The zero-order valence-electron chi connectivity index (χ0n) is 13.9. The maximum atomic E-state index is 6.09. The Morgan fingerprint density at radius 1 is 1.14 bits per heavy atom. The van der Waals surface area contributed by atoms with Crippen LogP contribution < -0.4 is 5.32 Å². The Hall–Kier alpha value is -1.32. The monoisotopic (exact) mass is 288 g/mol. The van der Waals surface area contributed by atoms with Gasteiger partial charge < -0.3 is 9.73 Å². The summed E-state index contributed by atoms with van der Waals surface area (Å²) in [5, 5.41) is 4.72. The number of nitrogens with zero attached hydrogens (tertiary/aromatic N) is 1. The van der Waals surface area contributed by atoms with E-state index in [4.69, 9.17) is 4.42 Å². The van der Waals surface area contributed by atoms with Crippen molar-refractivity contribution in [1.82, 2.24) is 10.2 Å². The normalized spacial score (nSPS) is 12.2. The van der Waals surface area contributed by atoms with Gasteiger partial charge in [0.15, 0.2) is 0 Å². The molecular weight excluding hydrogens is 260 g/mol. The van der Waals surface area contributed by atoms with Gasteiger partial charge in [0.1, 0.15) is 11.3 Å². The number of hydrogen-bond acceptors (Lipinski definition) is 3. The smallest absolute Gasteiger partial charge is 0.134 e. The molecule has 0 atom stereocenters. The van der Waals surface area contributed by atoms with Crippen molar-refractivity contribution < 1.29 is 4.42 Å². The molecule has 2 aromatic rings. The number of furan rings is 1. The second kappa shape index (κ2) is 7.10.